The van der Waals surface area contributed by atoms with Crippen molar-refractivity contribution in [2.45, 2.75) is 51.5 Å². The summed E-state index contributed by atoms with van der Waals surface area (Å²) < 4.78 is 5.52. The van der Waals surface area contributed by atoms with E-state index in [9.17, 15) is 0 Å². The highest BCUT2D eigenvalue weighted by Gasteiger charge is 2.20. The van der Waals surface area contributed by atoms with Gasteiger partial charge in [0.05, 0.1) is 6.61 Å². The smallest absolute Gasteiger partial charge is 0.122 e. The summed E-state index contributed by atoms with van der Waals surface area (Å²) in [6.07, 6.45) is 5.30. The summed E-state index contributed by atoms with van der Waals surface area (Å²) in [4.78, 5) is 0. The van der Waals surface area contributed by atoms with Crippen LogP contribution < -0.4 is 10.5 Å². The molecule has 0 saturated heterocycles. The number of hydrogen-bond donors (Lipinski definition) is 1. The average Bonchev–Trinajstić information content (AvgIpc) is 2.83. The van der Waals surface area contributed by atoms with Gasteiger partial charge in [0.2, 0.25) is 0 Å². The van der Waals surface area contributed by atoms with Gasteiger partial charge in [-0.25, -0.2) is 0 Å². The SMILES string of the molecule is CCC(N)(CC)CCc1ccc2c(c1)CCO2. The van der Waals surface area contributed by atoms with Gasteiger partial charge in [-0.15, -0.1) is 0 Å². The Hall–Kier alpha value is -1.02. The van der Waals surface area contributed by atoms with Crippen LogP contribution in [0.15, 0.2) is 18.2 Å². The van der Waals surface area contributed by atoms with E-state index in [-0.39, 0.29) is 5.54 Å². The van der Waals surface area contributed by atoms with Crippen molar-refractivity contribution in [3.63, 3.8) is 0 Å². The van der Waals surface area contributed by atoms with E-state index >= 15 is 0 Å². The second-order valence-corrected chi connectivity index (χ2v) is 5.11. The van der Waals surface area contributed by atoms with Crippen molar-refractivity contribution in [2.24, 2.45) is 5.73 Å². The Morgan fingerprint density at radius 1 is 1.29 bits per heavy atom. The monoisotopic (exact) mass is 233 g/mol. The number of nitrogens with two attached hydrogens (primary N) is 1. The van der Waals surface area contributed by atoms with E-state index in [0.29, 0.717) is 0 Å². The highest BCUT2D eigenvalue weighted by atomic mass is 16.5. The zero-order valence-electron chi connectivity index (χ0n) is 11.0. The van der Waals surface area contributed by atoms with Crippen LogP contribution in [0.4, 0.5) is 0 Å². The topological polar surface area (TPSA) is 35.2 Å². The number of hydrogen-bond acceptors (Lipinski definition) is 2. The van der Waals surface area contributed by atoms with Gasteiger partial charge in [-0.2, -0.15) is 0 Å². The number of ether oxygens (including phenoxy) is 1. The zero-order chi connectivity index (χ0) is 12.3. The van der Waals surface area contributed by atoms with Crippen molar-refractivity contribution in [2.75, 3.05) is 6.61 Å². The summed E-state index contributed by atoms with van der Waals surface area (Å²) in [5.74, 6) is 1.07. The maximum absolute atomic E-state index is 6.33. The Morgan fingerprint density at radius 2 is 2.06 bits per heavy atom. The van der Waals surface area contributed by atoms with Gasteiger partial charge < -0.3 is 10.5 Å². The van der Waals surface area contributed by atoms with E-state index in [1.165, 1.54) is 11.1 Å². The molecule has 0 amide bonds. The molecule has 0 bridgehead atoms. The van der Waals surface area contributed by atoms with Crippen LogP contribution in [0, 0.1) is 0 Å². The van der Waals surface area contributed by atoms with Gasteiger partial charge in [0.1, 0.15) is 5.75 Å². The number of aryl methyl sites for hydroxylation is 1. The van der Waals surface area contributed by atoms with Crippen molar-refractivity contribution < 1.29 is 4.74 Å². The minimum Gasteiger partial charge on any atom is -0.493 e. The molecule has 2 N–H and O–H groups in total. The van der Waals surface area contributed by atoms with Crippen LogP contribution in [0.3, 0.4) is 0 Å². The first-order chi connectivity index (χ1) is 8.17. The molecule has 0 spiro atoms. The highest BCUT2D eigenvalue weighted by molar-refractivity contribution is 5.39. The lowest BCUT2D eigenvalue weighted by atomic mass is 9.87. The van der Waals surface area contributed by atoms with Gasteiger partial charge in [-0.1, -0.05) is 26.0 Å². The maximum Gasteiger partial charge on any atom is 0.122 e. The van der Waals surface area contributed by atoms with Gasteiger partial charge in [0.15, 0.2) is 0 Å². The molecule has 1 heterocycles. The molecule has 0 aromatic heterocycles. The lowest BCUT2D eigenvalue weighted by molar-refractivity contribution is 0.356. The molecular formula is C15H23NO. The van der Waals surface area contributed by atoms with Crippen LogP contribution in [-0.4, -0.2) is 12.1 Å². The average molecular weight is 233 g/mol. The Labute approximate surface area is 104 Å². The quantitative estimate of drug-likeness (QED) is 0.848. The van der Waals surface area contributed by atoms with Gasteiger partial charge in [0, 0.05) is 12.0 Å². The Morgan fingerprint density at radius 3 is 2.76 bits per heavy atom. The number of fused-ring (bicyclic) bond motifs is 1. The fourth-order valence-electron chi connectivity index (χ4n) is 2.39. The summed E-state index contributed by atoms with van der Waals surface area (Å²) >= 11 is 0. The molecule has 2 rings (SSSR count). The van der Waals surface area contributed by atoms with Gasteiger partial charge in [0.25, 0.3) is 0 Å². The number of benzene rings is 1. The second-order valence-electron chi connectivity index (χ2n) is 5.11. The van der Waals surface area contributed by atoms with Crippen LogP contribution in [0.5, 0.6) is 5.75 Å². The molecule has 2 nitrogen and oxygen atoms in total. The first-order valence-electron chi connectivity index (χ1n) is 6.70. The molecular weight excluding hydrogens is 210 g/mol. The predicted molar refractivity (Wildman–Crippen MR) is 71.5 cm³/mol. The summed E-state index contributed by atoms with van der Waals surface area (Å²) in [6.45, 7) is 5.20. The van der Waals surface area contributed by atoms with Crippen molar-refractivity contribution >= 4 is 0 Å². The normalized spacial score (nSPS) is 14.5. The minimum atomic E-state index is 0.00944. The third-order valence-electron chi connectivity index (χ3n) is 4.07. The Balaban J connectivity index is 2.00. The summed E-state index contributed by atoms with van der Waals surface area (Å²) in [7, 11) is 0. The maximum atomic E-state index is 6.33. The van der Waals surface area contributed by atoms with Gasteiger partial charge in [-0.05, 0) is 42.9 Å². The fourth-order valence-corrected chi connectivity index (χ4v) is 2.39. The Bertz CT molecular complexity index is 383. The van der Waals surface area contributed by atoms with E-state index in [2.05, 4.69) is 32.0 Å². The molecule has 1 aromatic carbocycles. The third kappa shape index (κ3) is 2.81. The van der Waals surface area contributed by atoms with Crippen molar-refractivity contribution in [3.05, 3.63) is 29.3 Å². The molecule has 2 heteroatoms. The fraction of sp³-hybridized carbons (Fsp3) is 0.600. The lowest BCUT2D eigenvalue weighted by Gasteiger charge is -2.26. The van der Waals surface area contributed by atoms with Crippen molar-refractivity contribution in [1.29, 1.82) is 0 Å². The van der Waals surface area contributed by atoms with E-state index in [0.717, 1.165) is 44.5 Å². The third-order valence-corrected chi connectivity index (χ3v) is 4.07. The van der Waals surface area contributed by atoms with Gasteiger partial charge >= 0.3 is 0 Å². The molecule has 0 radical (unpaired) electrons. The van der Waals surface area contributed by atoms with Crippen molar-refractivity contribution in [3.8, 4) is 5.75 Å². The van der Waals surface area contributed by atoms with Gasteiger partial charge in [-0.3, -0.25) is 0 Å². The molecule has 0 fully saturated rings. The van der Waals surface area contributed by atoms with Crippen LogP contribution in [0.25, 0.3) is 0 Å². The standard InChI is InChI=1S/C15H23NO/c1-3-15(16,4-2)9-7-12-5-6-14-13(11-12)8-10-17-14/h5-6,11H,3-4,7-10,16H2,1-2H3. The zero-order valence-corrected chi connectivity index (χ0v) is 11.0. The molecule has 1 aliphatic heterocycles. The molecule has 1 aliphatic rings. The van der Waals surface area contributed by atoms with E-state index in [4.69, 9.17) is 10.5 Å². The summed E-state index contributed by atoms with van der Waals surface area (Å²) in [5.41, 5.74) is 9.10. The predicted octanol–water partition coefficient (Wildman–Crippen LogP) is 3.07. The summed E-state index contributed by atoms with van der Waals surface area (Å²) in [6, 6.07) is 6.57. The van der Waals surface area contributed by atoms with Crippen LogP contribution >= 0.6 is 0 Å². The summed E-state index contributed by atoms with van der Waals surface area (Å²) in [5, 5.41) is 0. The minimum absolute atomic E-state index is 0.00944. The molecule has 17 heavy (non-hydrogen) atoms. The van der Waals surface area contributed by atoms with E-state index in [1.54, 1.807) is 0 Å². The first-order valence-corrected chi connectivity index (χ1v) is 6.70. The lowest BCUT2D eigenvalue weighted by Crippen LogP contribution is -2.38. The largest absolute Gasteiger partial charge is 0.493 e. The Kier molecular flexibility index (Phi) is 3.72. The van der Waals surface area contributed by atoms with E-state index < -0.39 is 0 Å². The molecule has 94 valence electrons. The van der Waals surface area contributed by atoms with Crippen LogP contribution in [0.2, 0.25) is 0 Å². The molecule has 0 saturated carbocycles. The molecule has 0 aliphatic carbocycles. The number of rotatable bonds is 5. The molecule has 0 atom stereocenters. The van der Waals surface area contributed by atoms with Crippen LogP contribution in [-0.2, 0) is 12.8 Å². The molecule has 1 aromatic rings. The van der Waals surface area contributed by atoms with Crippen LogP contribution in [0.1, 0.15) is 44.2 Å². The second kappa shape index (κ2) is 5.09. The molecule has 0 unspecified atom stereocenters. The van der Waals surface area contributed by atoms with E-state index in [1.807, 2.05) is 0 Å². The highest BCUT2D eigenvalue weighted by Crippen LogP contribution is 2.27. The first kappa shape index (κ1) is 12.4. The van der Waals surface area contributed by atoms with Crippen molar-refractivity contribution in [1.82, 2.24) is 0 Å².